The lowest BCUT2D eigenvalue weighted by molar-refractivity contribution is 0.0947. The Balaban J connectivity index is 2.10. The highest BCUT2D eigenvalue weighted by Gasteiger charge is 2.12. The van der Waals surface area contributed by atoms with Gasteiger partial charge in [0.15, 0.2) is 0 Å². The Morgan fingerprint density at radius 3 is 2.75 bits per heavy atom. The number of rotatable bonds is 4. The average molecular weight is 271 g/mol. The second-order valence-electron chi connectivity index (χ2n) is 4.56. The summed E-state index contributed by atoms with van der Waals surface area (Å²) in [5, 5.41) is 12.2. The number of nitrogens with one attached hydrogen (secondary N) is 1. The van der Waals surface area contributed by atoms with Crippen LogP contribution in [0.25, 0.3) is 0 Å². The SMILES string of the molecule is COc1ccc(C)cc1C(=O)NCc1cccc(O)c1. The van der Waals surface area contributed by atoms with E-state index in [1.54, 1.807) is 30.3 Å². The van der Waals surface area contributed by atoms with Gasteiger partial charge in [0.05, 0.1) is 12.7 Å². The van der Waals surface area contributed by atoms with Crippen molar-refractivity contribution in [2.24, 2.45) is 0 Å². The van der Waals surface area contributed by atoms with Gasteiger partial charge in [0, 0.05) is 6.54 Å². The molecule has 0 aliphatic heterocycles. The van der Waals surface area contributed by atoms with Gasteiger partial charge >= 0.3 is 0 Å². The fraction of sp³-hybridized carbons (Fsp3) is 0.188. The van der Waals surface area contributed by atoms with E-state index >= 15 is 0 Å². The molecule has 2 N–H and O–H groups in total. The number of carbonyl (C=O) groups is 1. The molecule has 0 heterocycles. The first-order valence-corrected chi connectivity index (χ1v) is 6.31. The number of phenols is 1. The van der Waals surface area contributed by atoms with Crippen molar-refractivity contribution in [1.82, 2.24) is 5.32 Å². The van der Waals surface area contributed by atoms with E-state index in [-0.39, 0.29) is 11.7 Å². The molecule has 0 aliphatic carbocycles. The molecule has 0 saturated carbocycles. The Labute approximate surface area is 118 Å². The Morgan fingerprint density at radius 2 is 2.05 bits per heavy atom. The van der Waals surface area contributed by atoms with Gasteiger partial charge in [-0.15, -0.1) is 0 Å². The molecule has 0 spiro atoms. The molecule has 0 radical (unpaired) electrons. The van der Waals surface area contributed by atoms with Crippen molar-refractivity contribution in [3.05, 3.63) is 59.2 Å². The molecule has 0 unspecified atom stereocenters. The van der Waals surface area contributed by atoms with E-state index in [1.807, 2.05) is 19.1 Å². The second kappa shape index (κ2) is 6.10. The molecule has 0 saturated heterocycles. The summed E-state index contributed by atoms with van der Waals surface area (Å²) in [7, 11) is 1.54. The third-order valence-corrected chi connectivity index (χ3v) is 2.96. The van der Waals surface area contributed by atoms with Crippen molar-refractivity contribution in [2.45, 2.75) is 13.5 Å². The standard InChI is InChI=1S/C16H17NO3/c1-11-6-7-15(20-2)14(8-11)16(19)17-10-12-4-3-5-13(18)9-12/h3-9,18H,10H2,1-2H3,(H,17,19). The number of hydrogen-bond acceptors (Lipinski definition) is 3. The maximum Gasteiger partial charge on any atom is 0.255 e. The highest BCUT2D eigenvalue weighted by molar-refractivity contribution is 5.97. The van der Waals surface area contributed by atoms with E-state index in [4.69, 9.17) is 4.74 Å². The van der Waals surface area contributed by atoms with Gasteiger partial charge in [-0.25, -0.2) is 0 Å². The van der Waals surface area contributed by atoms with Crippen molar-refractivity contribution in [3.63, 3.8) is 0 Å². The molecule has 2 rings (SSSR count). The van der Waals surface area contributed by atoms with E-state index < -0.39 is 0 Å². The summed E-state index contributed by atoms with van der Waals surface area (Å²) in [5.74, 6) is 0.530. The molecule has 0 bridgehead atoms. The maximum absolute atomic E-state index is 12.2. The summed E-state index contributed by atoms with van der Waals surface area (Å²) in [6.07, 6.45) is 0. The summed E-state index contributed by atoms with van der Waals surface area (Å²) in [6.45, 7) is 2.27. The molecule has 0 atom stereocenters. The lowest BCUT2D eigenvalue weighted by Gasteiger charge is -2.10. The summed E-state index contributed by atoms with van der Waals surface area (Å²) in [4.78, 5) is 12.2. The van der Waals surface area contributed by atoms with E-state index in [1.165, 1.54) is 7.11 Å². The van der Waals surface area contributed by atoms with Crippen LogP contribution in [0.4, 0.5) is 0 Å². The first-order valence-electron chi connectivity index (χ1n) is 6.31. The predicted octanol–water partition coefficient (Wildman–Crippen LogP) is 2.64. The van der Waals surface area contributed by atoms with Crippen LogP contribution < -0.4 is 10.1 Å². The van der Waals surface area contributed by atoms with E-state index in [2.05, 4.69) is 5.32 Å². The molecule has 1 amide bonds. The first kappa shape index (κ1) is 13.9. The highest BCUT2D eigenvalue weighted by Crippen LogP contribution is 2.19. The van der Waals surface area contributed by atoms with Crippen LogP contribution in [0.5, 0.6) is 11.5 Å². The van der Waals surface area contributed by atoms with Gasteiger partial charge in [-0.2, -0.15) is 0 Å². The Kier molecular flexibility index (Phi) is 4.25. The number of amides is 1. The van der Waals surface area contributed by atoms with E-state index in [0.717, 1.165) is 11.1 Å². The largest absolute Gasteiger partial charge is 0.508 e. The zero-order valence-electron chi connectivity index (χ0n) is 11.5. The van der Waals surface area contributed by atoms with E-state index in [0.29, 0.717) is 17.9 Å². The third-order valence-electron chi connectivity index (χ3n) is 2.96. The van der Waals surface area contributed by atoms with Crippen LogP contribution in [0.1, 0.15) is 21.5 Å². The monoisotopic (exact) mass is 271 g/mol. The topological polar surface area (TPSA) is 58.6 Å². The zero-order chi connectivity index (χ0) is 14.5. The maximum atomic E-state index is 12.2. The van der Waals surface area contributed by atoms with Crippen LogP contribution >= 0.6 is 0 Å². The van der Waals surface area contributed by atoms with Gasteiger partial charge in [-0.05, 0) is 36.8 Å². The summed E-state index contributed by atoms with van der Waals surface area (Å²) < 4.78 is 5.19. The first-order chi connectivity index (χ1) is 9.60. The molecule has 2 aromatic carbocycles. The number of carbonyl (C=O) groups excluding carboxylic acids is 1. The van der Waals surface area contributed by atoms with Crippen molar-refractivity contribution >= 4 is 5.91 Å². The smallest absolute Gasteiger partial charge is 0.255 e. The number of aromatic hydroxyl groups is 1. The van der Waals surface area contributed by atoms with Gasteiger partial charge in [-0.1, -0.05) is 23.8 Å². The summed E-state index contributed by atoms with van der Waals surface area (Å²) >= 11 is 0. The molecular weight excluding hydrogens is 254 g/mol. The van der Waals surface area contributed by atoms with Crippen LogP contribution in [0.3, 0.4) is 0 Å². The summed E-state index contributed by atoms with van der Waals surface area (Å²) in [6, 6.07) is 12.3. The minimum absolute atomic E-state index is 0.185. The van der Waals surface area contributed by atoms with Crippen LogP contribution in [0.15, 0.2) is 42.5 Å². The fourth-order valence-corrected chi connectivity index (χ4v) is 1.94. The number of ether oxygens (including phenoxy) is 1. The molecule has 4 nitrogen and oxygen atoms in total. The number of methoxy groups -OCH3 is 1. The van der Waals surface area contributed by atoms with Gasteiger partial charge in [-0.3, -0.25) is 4.79 Å². The molecular formula is C16H17NO3. The summed E-state index contributed by atoms with van der Waals surface area (Å²) in [5.41, 5.74) is 2.34. The van der Waals surface area contributed by atoms with Gasteiger partial charge in [0.1, 0.15) is 11.5 Å². The Bertz CT molecular complexity index is 623. The number of aryl methyl sites for hydroxylation is 1. The van der Waals surface area contributed by atoms with Crippen molar-refractivity contribution in [2.75, 3.05) is 7.11 Å². The molecule has 0 fully saturated rings. The molecule has 0 aliphatic rings. The van der Waals surface area contributed by atoms with Crippen LogP contribution in [-0.2, 0) is 6.54 Å². The average Bonchev–Trinajstić information content (AvgIpc) is 2.45. The van der Waals surface area contributed by atoms with Gasteiger partial charge in [0.2, 0.25) is 0 Å². The van der Waals surface area contributed by atoms with E-state index in [9.17, 15) is 9.90 Å². The van der Waals surface area contributed by atoms with Crippen molar-refractivity contribution in [3.8, 4) is 11.5 Å². The van der Waals surface area contributed by atoms with Crippen molar-refractivity contribution < 1.29 is 14.6 Å². The third kappa shape index (κ3) is 3.29. The Hall–Kier alpha value is -2.49. The quantitative estimate of drug-likeness (QED) is 0.898. The fourth-order valence-electron chi connectivity index (χ4n) is 1.94. The van der Waals surface area contributed by atoms with Gasteiger partial charge < -0.3 is 15.2 Å². The van der Waals surface area contributed by atoms with Crippen LogP contribution in [-0.4, -0.2) is 18.1 Å². The lowest BCUT2D eigenvalue weighted by Crippen LogP contribution is -2.23. The number of benzene rings is 2. The van der Waals surface area contributed by atoms with Crippen molar-refractivity contribution in [1.29, 1.82) is 0 Å². The Morgan fingerprint density at radius 1 is 1.25 bits per heavy atom. The molecule has 2 aromatic rings. The minimum Gasteiger partial charge on any atom is -0.508 e. The second-order valence-corrected chi connectivity index (χ2v) is 4.56. The van der Waals surface area contributed by atoms with Crippen LogP contribution in [0.2, 0.25) is 0 Å². The zero-order valence-corrected chi connectivity index (χ0v) is 11.5. The molecule has 20 heavy (non-hydrogen) atoms. The normalized spacial score (nSPS) is 10.1. The van der Waals surface area contributed by atoms with Gasteiger partial charge in [0.25, 0.3) is 5.91 Å². The molecule has 4 heteroatoms. The lowest BCUT2D eigenvalue weighted by atomic mass is 10.1. The molecule has 0 aromatic heterocycles. The van der Waals surface area contributed by atoms with Crippen LogP contribution in [0, 0.1) is 6.92 Å². The predicted molar refractivity (Wildman–Crippen MR) is 77.0 cm³/mol. The number of phenolic OH excluding ortho intramolecular Hbond substituents is 1. The molecule has 104 valence electrons. The highest BCUT2D eigenvalue weighted by atomic mass is 16.5. The minimum atomic E-state index is -0.200. The number of hydrogen-bond donors (Lipinski definition) is 2.